The number of carbonyl (C=O) groups is 2. The number of aromatic carboxylic acids is 1. The number of urea groups is 1. The predicted molar refractivity (Wildman–Crippen MR) is 79.0 cm³/mol. The minimum absolute atomic E-state index is 0.210. The van der Waals surface area contributed by atoms with Crippen molar-refractivity contribution in [3.05, 3.63) is 29.3 Å². The van der Waals surface area contributed by atoms with Gasteiger partial charge >= 0.3 is 12.0 Å². The zero-order chi connectivity index (χ0) is 15.2. The van der Waals surface area contributed by atoms with Gasteiger partial charge in [0.1, 0.15) is 0 Å². The Hall–Kier alpha value is -2.08. The molecule has 6 nitrogen and oxygen atoms in total. The van der Waals surface area contributed by atoms with Crippen molar-refractivity contribution in [1.29, 1.82) is 0 Å². The number of nitrogens with one attached hydrogen (secondary N) is 1. The smallest absolute Gasteiger partial charge is 0.336 e. The second kappa shape index (κ2) is 7.08. The standard InChI is InChI=1S/C15H20N2O4/c1-2-21-10-8-16-15(20)17-9-4-6-11-12(14(18)19)5-3-7-13(11)17/h3,5,7H,2,4,6,8-10H2,1H3,(H,16,20)(H,18,19). The second-order valence-electron chi connectivity index (χ2n) is 4.79. The number of nitrogens with zero attached hydrogens (tertiary/aromatic N) is 1. The van der Waals surface area contributed by atoms with Gasteiger partial charge < -0.3 is 15.2 Å². The Kier molecular flexibility index (Phi) is 5.16. The molecular formula is C15H20N2O4. The molecule has 0 saturated carbocycles. The molecule has 1 aliphatic rings. The lowest BCUT2D eigenvalue weighted by molar-refractivity contribution is 0.0695. The van der Waals surface area contributed by atoms with Crippen molar-refractivity contribution in [2.24, 2.45) is 0 Å². The average Bonchev–Trinajstić information content (AvgIpc) is 2.50. The molecule has 114 valence electrons. The van der Waals surface area contributed by atoms with E-state index >= 15 is 0 Å². The molecule has 0 radical (unpaired) electrons. The quantitative estimate of drug-likeness (QED) is 0.812. The molecule has 0 atom stereocenters. The monoisotopic (exact) mass is 292 g/mol. The van der Waals surface area contributed by atoms with Gasteiger partial charge in [-0.05, 0) is 37.5 Å². The number of carboxylic acid groups (broad SMARTS) is 1. The number of carboxylic acids is 1. The molecule has 2 amide bonds. The van der Waals surface area contributed by atoms with E-state index in [2.05, 4.69) is 5.32 Å². The number of ether oxygens (including phenoxy) is 1. The van der Waals surface area contributed by atoms with Crippen molar-refractivity contribution in [2.75, 3.05) is 31.2 Å². The molecule has 0 unspecified atom stereocenters. The topological polar surface area (TPSA) is 78.9 Å². The lowest BCUT2D eigenvalue weighted by Crippen LogP contribution is -2.44. The van der Waals surface area contributed by atoms with Crippen LogP contribution in [0.4, 0.5) is 10.5 Å². The number of carbonyl (C=O) groups excluding carboxylic acids is 1. The highest BCUT2D eigenvalue weighted by atomic mass is 16.5. The van der Waals surface area contributed by atoms with Crippen LogP contribution in [0.25, 0.3) is 0 Å². The fourth-order valence-electron chi connectivity index (χ4n) is 2.51. The molecule has 0 aromatic heterocycles. The van der Waals surface area contributed by atoms with Crippen molar-refractivity contribution < 1.29 is 19.4 Å². The maximum Gasteiger partial charge on any atom is 0.336 e. The summed E-state index contributed by atoms with van der Waals surface area (Å²) in [4.78, 5) is 25.1. The number of benzene rings is 1. The van der Waals surface area contributed by atoms with Crippen LogP contribution in [-0.2, 0) is 11.2 Å². The molecule has 21 heavy (non-hydrogen) atoms. The van der Waals surface area contributed by atoms with Crippen molar-refractivity contribution in [2.45, 2.75) is 19.8 Å². The molecule has 1 aliphatic heterocycles. The third-order valence-electron chi connectivity index (χ3n) is 3.45. The van der Waals surface area contributed by atoms with Crippen LogP contribution in [-0.4, -0.2) is 43.4 Å². The van der Waals surface area contributed by atoms with Crippen LogP contribution in [0.1, 0.15) is 29.3 Å². The number of hydrogen-bond donors (Lipinski definition) is 2. The van der Waals surface area contributed by atoms with Crippen LogP contribution in [0.5, 0.6) is 0 Å². The second-order valence-corrected chi connectivity index (χ2v) is 4.79. The summed E-state index contributed by atoms with van der Waals surface area (Å²) >= 11 is 0. The number of hydrogen-bond acceptors (Lipinski definition) is 3. The van der Waals surface area contributed by atoms with Gasteiger partial charge in [0, 0.05) is 25.4 Å². The summed E-state index contributed by atoms with van der Waals surface area (Å²) in [5, 5.41) is 12.0. The van der Waals surface area contributed by atoms with Gasteiger partial charge in [0.25, 0.3) is 0 Å². The van der Waals surface area contributed by atoms with Gasteiger partial charge in [0.15, 0.2) is 0 Å². The highest BCUT2D eigenvalue weighted by Crippen LogP contribution is 2.29. The number of anilines is 1. The van der Waals surface area contributed by atoms with Crippen LogP contribution in [0, 0.1) is 0 Å². The molecular weight excluding hydrogens is 272 g/mol. The Morgan fingerprint density at radius 3 is 2.95 bits per heavy atom. The third kappa shape index (κ3) is 3.52. The van der Waals surface area contributed by atoms with E-state index in [0.29, 0.717) is 38.4 Å². The van der Waals surface area contributed by atoms with Crippen LogP contribution < -0.4 is 10.2 Å². The van der Waals surface area contributed by atoms with Gasteiger partial charge in [0.05, 0.1) is 12.2 Å². The molecule has 2 N–H and O–H groups in total. The van der Waals surface area contributed by atoms with E-state index in [-0.39, 0.29) is 11.6 Å². The first-order valence-electron chi connectivity index (χ1n) is 7.13. The fraction of sp³-hybridized carbons (Fsp3) is 0.467. The first-order valence-corrected chi connectivity index (χ1v) is 7.13. The third-order valence-corrected chi connectivity index (χ3v) is 3.45. The van der Waals surface area contributed by atoms with Crippen molar-refractivity contribution >= 4 is 17.7 Å². The number of fused-ring (bicyclic) bond motifs is 1. The summed E-state index contributed by atoms with van der Waals surface area (Å²) < 4.78 is 5.18. The Labute approximate surface area is 123 Å². The molecule has 6 heteroatoms. The van der Waals surface area contributed by atoms with Crippen molar-refractivity contribution in [1.82, 2.24) is 5.32 Å². The maximum atomic E-state index is 12.2. The minimum atomic E-state index is -0.953. The predicted octanol–water partition coefficient (Wildman–Crippen LogP) is 1.88. The van der Waals surface area contributed by atoms with E-state index in [1.165, 1.54) is 0 Å². The highest BCUT2D eigenvalue weighted by Gasteiger charge is 2.25. The molecule has 2 rings (SSSR count). The van der Waals surface area contributed by atoms with Crippen molar-refractivity contribution in [3.8, 4) is 0 Å². The minimum Gasteiger partial charge on any atom is -0.478 e. The average molecular weight is 292 g/mol. The molecule has 0 spiro atoms. The van der Waals surface area contributed by atoms with E-state index in [9.17, 15) is 14.7 Å². The van der Waals surface area contributed by atoms with Crippen molar-refractivity contribution in [3.63, 3.8) is 0 Å². The van der Waals surface area contributed by atoms with Gasteiger partial charge in [-0.1, -0.05) is 6.07 Å². The lowest BCUT2D eigenvalue weighted by atomic mass is 9.96. The van der Waals surface area contributed by atoms with Gasteiger partial charge in [-0.25, -0.2) is 9.59 Å². The molecule has 1 aromatic rings. The summed E-state index contributed by atoms with van der Waals surface area (Å²) in [7, 11) is 0. The summed E-state index contributed by atoms with van der Waals surface area (Å²) in [5.74, 6) is -0.953. The van der Waals surface area contributed by atoms with Gasteiger partial charge in [-0.3, -0.25) is 4.90 Å². The Bertz CT molecular complexity index is 530. The normalized spacial score (nSPS) is 13.7. The molecule has 0 aliphatic carbocycles. The number of amides is 2. The molecule has 0 saturated heterocycles. The Morgan fingerprint density at radius 1 is 1.43 bits per heavy atom. The zero-order valence-corrected chi connectivity index (χ0v) is 12.1. The molecule has 0 bridgehead atoms. The molecule has 1 aromatic carbocycles. The summed E-state index contributed by atoms with van der Waals surface area (Å²) in [6.07, 6.45) is 1.44. The Balaban J connectivity index is 2.13. The fourth-order valence-corrected chi connectivity index (χ4v) is 2.51. The zero-order valence-electron chi connectivity index (χ0n) is 12.1. The van der Waals surface area contributed by atoms with E-state index < -0.39 is 5.97 Å². The van der Waals surface area contributed by atoms with E-state index in [1.54, 1.807) is 23.1 Å². The maximum absolute atomic E-state index is 12.2. The number of rotatable bonds is 5. The van der Waals surface area contributed by atoms with E-state index in [1.807, 2.05) is 6.92 Å². The largest absolute Gasteiger partial charge is 0.478 e. The van der Waals surface area contributed by atoms with Gasteiger partial charge in [-0.15, -0.1) is 0 Å². The van der Waals surface area contributed by atoms with Crippen LogP contribution in [0.2, 0.25) is 0 Å². The molecule has 0 fully saturated rings. The van der Waals surface area contributed by atoms with E-state index in [0.717, 1.165) is 12.0 Å². The van der Waals surface area contributed by atoms with Gasteiger partial charge in [-0.2, -0.15) is 0 Å². The first-order chi connectivity index (χ1) is 10.1. The van der Waals surface area contributed by atoms with Crippen LogP contribution in [0.15, 0.2) is 18.2 Å². The Morgan fingerprint density at radius 2 is 2.24 bits per heavy atom. The van der Waals surface area contributed by atoms with Crippen LogP contribution >= 0.6 is 0 Å². The highest BCUT2D eigenvalue weighted by molar-refractivity contribution is 5.97. The summed E-state index contributed by atoms with van der Waals surface area (Å²) in [5.41, 5.74) is 1.70. The lowest BCUT2D eigenvalue weighted by Gasteiger charge is -2.30. The SMILES string of the molecule is CCOCCNC(=O)N1CCCc2c(C(=O)O)cccc21. The molecule has 1 heterocycles. The van der Waals surface area contributed by atoms with E-state index in [4.69, 9.17) is 4.74 Å². The summed E-state index contributed by atoms with van der Waals surface area (Å²) in [6, 6.07) is 4.84. The first kappa shape index (κ1) is 15.3. The van der Waals surface area contributed by atoms with Gasteiger partial charge in [0.2, 0.25) is 0 Å². The summed E-state index contributed by atoms with van der Waals surface area (Å²) in [6.45, 7) is 4.02. The van der Waals surface area contributed by atoms with Crippen LogP contribution in [0.3, 0.4) is 0 Å².